The number of ketones is 1. The van der Waals surface area contributed by atoms with Gasteiger partial charge in [0.2, 0.25) is 5.91 Å². The number of amides is 1. The molecule has 1 amide bonds. The van der Waals surface area contributed by atoms with E-state index < -0.39 is 6.04 Å². The van der Waals surface area contributed by atoms with Gasteiger partial charge in [-0.1, -0.05) is 32.9 Å². The molecule has 106 valence electrons. The van der Waals surface area contributed by atoms with Crippen molar-refractivity contribution < 1.29 is 9.59 Å². The van der Waals surface area contributed by atoms with Gasteiger partial charge < -0.3 is 11.1 Å². The molecule has 0 unspecified atom stereocenters. The van der Waals surface area contributed by atoms with Crippen molar-refractivity contribution in [1.29, 1.82) is 0 Å². The van der Waals surface area contributed by atoms with Crippen LogP contribution in [-0.2, 0) is 4.79 Å². The van der Waals surface area contributed by atoms with Crippen LogP contribution < -0.4 is 11.1 Å². The highest BCUT2D eigenvalue weighted by atomic mass is 35.5. The van der Waals surface area contributed by atoms with E-state index >= 15 is 0 Å². The summed E-state index contributed by atoms with van der Waals surface area (Å²) >= 11 is 0. The molecule has 1 aromatic carbocycles. The summed E-state index contributed by atoms with van der Waals surface area (Å²) in [6.45, 7) is 5.59. The molecular weight excluding hydrogens is 264 g/mol. The first-order valence-corrected chi connectivity index (χ1v) is 6.15. The maximum atomic E-state index is 11.8. The molecule has 3 N–H and O–H groups in total. The lowest BCUT2D eigenvalue weighted by Crippen LogP contribution is -2.39. The van der Waals surface area contributed by atoms with Gasteiger partial charge in [0.1, 0.15) is 0 Å². The fourth-order valence-electron chi connectivity index (χ4n) is 1.50. The monoisotopic (exact) mass is 284 g/mol. The van der Waals surface area contributed by atoms with Crippen LogP contribution in [0.2, 0.25) is 0 Å². The quantitative estimate of drug-likeness (QED) is 0.817. The van der Waals surface area contributed by atoms with E-state index in [0.717, 1.165) is 0 Å². The van der Waals surface area contributed by atoms with Gasteiger partial charge in [-0.25, -0.2) is 0 Å². The summed E-state index contributed by atoms with van der Waals surface area (Å²) in [4.78, 5) is 23.3. The van der Waals surface area contributed by atoms with Crippen molar-refractivity contribution in [1.82, 2.24) is 0 Å². The van der Waals surface area contributed by atoms with E-state index in [-0.39, 0.29) is 30.0 Å². The first-order chi connectivity index (χ1) is 8.45. The average molecular weight is 285 g/mol. The molecule has 0 saturated carbocycles. The van der Waals surface area contributed by atoms with Crippen LogP contribution >= 0.6 is 12.4 Å². The number of carbonyl (C=O) groups is 2. The summed E-state index contributed by atoms with van der Waals surface area (Å²) in [6, 6.07) is 6.37. The van der Waals surface area contributed by atoms with Gasteiger partial charge in [-0.3, -0.25) is 9.59 Å². The van der Waals surface area contributed by atoms with Gasteiger partial charge in [0.05, 0.1) is 6.04 Å². The van der Waals surface area contributed by atoms with E-state index in [4.69, 9.17) is 5.73 Å². The number of Topliss-reactive ketones (excluding diaryl/α,β-unsaturated/α-hetero) is 1. The first kappa shape index (κ1) is 17.6. The van der Waals surface area contributed by atoms with Crippen molar-refractivity contribution in [2.45, 2.75) is 33.2 Å². The molecule has 0 aliphatic carbocycles. The molecular formula is C14H21ClN2O2. The SMILES string of the molecule is CCC(=O)c1cccc(NC(=O)[C@@H](N)C(C)C)c1.Cl. The molecule has 0 radical (unpaired) electrons. The summed E-state index contributed by atoms with van der Waals surface area (Å²) in [5.74, 6) is -0.101. The van der Waals surface area contributed by atoms with E-state index in [1.54, 1.807) is 24.3 Å². The third-order valence-corrected chi connectivity index (χ3v) is 2.79. The van der Waals surface area contributed by atoms with Gasteiger partial charge in [-0.05, 0) is 18.1 Å². The third-order valence-electron chi connectivity index (χ3n) is 2.79. The Labute approximate surface area is 120 Å². The summed E-state index contributed by atoms with van der Waals surface area (Å²) in [7, 11) is 0. The summed E-state index contributed by atoms with van der Waals surface area (Å²) in [5, 5.41) is 2.73. The molecule has 0 fully saturated rings. The van der Waals surface area contributed by atoms with Crippen LogP contribution in [0.5, 0.6) is 0 Å². The van der Waals surface area contributed by atoms with Gasteiger partial charge in [-0.15, -0.1) is 12.4 Å². The summed E-state index contributed by atoms with van der Waals surface area (Å²) in [6.07, 6.45) is 0.447. The van der Waals surface area contributed by atoms with Crippen LogP contribution in [0.15, 0.2) is 24.3 Å². The van der Waals surface area contributed by atoms with E-state index in [1.165, 1.54) is 0 Å². The molecule has 4 nitrogen and oxygen atoms in total. The molecule has 1 rings (SSSR count). The highest BCUT2D eigenvalue weighted by molar-refractivity contribution is 5.99. The maximum absolute atomic E-state index is 11.8. The van der Waals surface area contributed by atoms with E-state index in [2.05, 4.69) is 5.32 Å². The Bertz CT molecular complexity index is 447. The highest BCUT2D eigenvalue weighted by Crippen LogP contribution is 2.13. The number of anilines is 1. The van der Waals surface area contributed by atoms with E-state index in [1.807, 2.05) is 20.8 Å². The third kappa shape index (κ3) is 5.01. The lowest BCUT2D eigenvalue weighted by molar-refractivity contribution is -0.118. The fourth-order valence-corrected chi connectivity index (χ4v) is 1.50. The number of halogens is 1. The predicted octanol–water partition coefficient (Wildman–Crippen LogP) is 2.62. The van der Waals surface area contributed by atoms with Crippen LogP contribution in [0.1, 0.15) is 37.6 Å². The maximum Gasteiger partial charge on any atom is 0.241 e. The smallest absolute Gasteiger partial charge is 0.241 e. The molecule has 0 aliphatic rings. The van der Waals surface area contributed by atoms with Crippen LogP contribution in [0, 0.1) is 5.92 Å². The van der Waals surface area contributed by atoms with E-state index in [0.29, 0.717) is 17.7 Å². The van der Waals surface area contributed by atoms with Gasteiger partial charge in [0.25, 0.3) is 0 Å². The second-order valence-corrected chi connectivity index (χ2v) is 4.62. The molecule has 1 aromatic rings. The molecule has 0 spiro atoms. The Kier molecular flexibility index (Phi) is 7.34. The van der Waals surface area contributed by atoms with Gasteiger partial charge in [0.15, 0.2) is 5.78 Å². The van der Waals surface area contributed by atoms with Crippen molar-refractivity contribution in [3.8, 4) is 0 Å². The number of nitrogens with two attached hydrogens (primary N) is 1. The molecule has 1 atom stereocenters. The zero-order valence-electron chi connectivity index (χ0n) is 11.5. The number of hydrogen-bond donors (Lipinski definition) is 2. The Morgan fingerprint density at radius 2 is 1.95 bits per heavy atom. The first-order valence-electron chi connectivity index (χ1n) is 6.15. The fraction of sp³-hybridized carbons (Fsp3) is 0.429. The standard InChI is InChI=1S/C14H20N2O2.ClH/c1-4-12(17)10-6-5-7-11(8-10)16-14(18)13(15)9(2)3;/h5-9,13H,4,15H2,1-3H3,(H,16,18);1H/t13-;/m0./s1. The predicted molar refractivity (Wildman–Crippen MR) is 79.8 cm³/mol. The largest absolute Gasteiger partial charge is 0.325 e. The van der Waals surface area contributed by atoms with Crippen LogP contribution in [0.3, 0.4) is 0 Å². The number of hydrogen-bond acceptors (Lipinski definition) is 3. The van der Waals surface area contributed by atoms with Crippen molar-refractivity contribution in [3.63, 3.8) is 0 Å². The zero-order chi connectivity index (χ0) is 13.7. The summed E-state index contributed by atoms with van der Waals surface area (Å²) < 4.78 is 0. The molecule has 0 aliphatic heterocycles. The Hall–Kier alpha value is -1.39. The molecule has 0 heterocycles. The van der Waals surface area contributed by atoms with Gasteiger partial charge in [0, 0.05) is 17.7 Å². The summed E-state index contributed by atoms with van der Waals surface area (Å²) in [5.41, 5.74) is 6.96. The topological polar surface area (TPSA) is 72.2 Å². The lowest BCUT2D eigenvalue weighted by Gasteiger charge is -2.15. The van der Waals surface area contributed by atoms with Crippen molar-refractivity contribution in [2.75, 3.05) is 5.32 Å². The molecule has 19 heavy (non-hydrogen) atoms. The number of nitrogens with one attached hydrogen (secondary N) is 1. The minimum Gasteiger partial charge on any atom is -0.325 e. The average Bonchev–Trinajstić information content (AvgIpc) is 2.36. The second kappa shape index (κ2) is 7.92. The van der Waals surface area contributed by atoms with Crippen LogP contribution in [0.4, 0.5) is 5.69 Å². The molecule has 0 aromatic heterocycles. The van der Waals surface area contributed by atoms with Crippen molar-refractivity contribution in [3.05, 3.63) is 29.8 Å². The Morgan fingerprint density at radius 3 is 2.47 bits per heavy atom. The van der Waals surface area contributed by atoms with Crippen LogP contribution in [0.25, 0.3) is 0 Å². The highest BCUT2D eigenvalue weighted by Gasteiger charge is 2.17. The lowest BCUT2D eigenvalue weighted by atomic mass is 10.0. The van der Waals surface area contributed by atoms with Crippen LogP contribution in [-0.4, -0.2) is 17.7 Å². The zero-order valence-corrected chi connectivity index (χ0v) is 12.3. The Morgan fingerprint density at radius 1 is 1.32 bits per heavy atom. The van der Waals surface area contributed by atoms with Gasteiger partial charge in [-0.2, -0.15) is 0 Å². The minimum atomic E-state index is -0.546. The Balaban J connectivity index is 0.00000324. The van der Waals surface area contributed by atoms with E-state index in [9.17, 15) is 9.59 Å². The van der Waals surface area contributed by atoms with Crippen molar-refractivity contribution >= 4 is 29.8 Å². The molecule has 0 bridgehead atoms. The minimum absolute atomic E-state index is 0. The second-order valence-electron chi connectivity index (χ2n) is 4.62. The number of rotatable bonds is 5. The molecule has 5 heteroatoms. The van der Waals surface area contributed by atoms with Gasteiger partial charge >= 0.3 is 0 Å². The number of carbonyl (C=O) groups excluding carboxylic acids is 2. The number of benzene rings is 1. The van der Waals surface area contributed by atoms with Crippen molar-refractivity contribution in [2.24, 2.45) is 11.7 Å². The normalized spacial score (nSPS) is 11.6. The molecule has 0 saturated heterocycles.